The van der Waals surface area contributed by atoms with Crippen molar-refractivity contribution in [3.63, 3.8) is 0 Å². The van der Waals surface area contributed by atoms with Crippen molar-refractivity contribution in [1.29, 1.82) is 5.26 Å². The van der Waals surface area contributed by atoms with Gasteiger partial charge in [0.25, 0.3) is 11.9 Å². The summed E-state index contributed by atoms with van der Waals surface area (Å²) in [6.45, 7) is 12.4. The van der Waals surface area contributed by atoms with Crippen LogP contribution in [0.5, 0.6) is 0 Å². The fraction of sp³-hybridized carbons (Fsp3) is 0.438. The monoisotopic (exact) mass is 717 g/mol. The Morgan fingerprint density at radius 2 is 1.61 bits per heavy atom. The number of nitrogens with one attached hydrogen (secondary N) is 1. The second kappa shape index (κ2) is 19.9. The normalized spacial score (nSPS) is 20.4. The van der Waals surface area contributed by atoms with Gasteiger partial charge in [-0.05, 0) is 42.7 Å². The number of nitro groups is 2. The Labute approximate surface area is 295 Å². The van der Waals surface area contributed by atoms with Gasteiger partial charge in [0.2, 0.25) is 0 Å². The molecule has 0 saturated carbocycles. The first-order chi connectivity index (χ1) is 23.3. The van der Waals surface area contributed by atoms with Crippen molar-refractivity contribution >= 4 is 29.5 Å². The second-order valence-electron chi connectivity index (χ2n) is 11.1. The molecule has 15 nitrogen and oxygen atoms in total. The minimum atomic E-state index is -0.697. The van der Waals surface area contributed by atoms with Crippen LogP contribution in [0.2, 0.25) is 10.3 Å². The summed E-state index contributed by atoms with van der Waals surface area (Å²) in [4.78, 5) is 44.5. The third-order valence-electron chi connectivity index (χ3n) is 7.84. The van der Waals surface area contributed by atoms with E-state index < -0.39 is 11.2 Å². The van der Waals surface area contributed by atoms with E-state index in [-0.39, 0.29) is 22.5 Å². The molecule has 2 fully saturated rings. The largest absolute Gasteiger partial charge is 0.373 e. The van der Waals surface area contributed by atoms with E-state index in [0.717, 1.165) is 35.7 Å². The number of hydrogen-bond donors (Lipinski definition) is 2. The van der Waals surface area contributed by atoms with Gasteiger partial charge in [0.05, 0.1) is 21.8 Å². The van der Waals surface area contributed by atoms with Gasteiger partial charge in [0.1, 0.15) is 22.8 Å². The van der Waals surface area contributed by atoms with E-state index in [1.807, 2.05) is 35.8 Å². The molecular formula is C32H41Cl2N9O6. The summed E-state index contributed by atoms with van der Waals surface area (Å²) in [5, 5.41) is 43.6. The van der Waals surface area contributed by atoms with Crippen molar-refractivity contribution in [2.45, 2.75) is 53.9 Å². The molecule has 2 saturated heterocycles. The van der Waals surface area contributed by atoms with Gasteiger partial charge >= 0.3 is 0 Å². The molecule has 49 heavy (non-hydrogen) atoms. The highest BCUT2D eigenvalue weighted by Crippen LogP contribution is 2.39. The summed E-state index contributed by atoms with van der Waals surface area (Å²) in [6, 6.07) is 8.87. The lowest BCUT2D eigenvalue weighted by Gasteiger charge is -2.38. The minimum absolute atomic E-state index is 0.183. The third kappa shape index (κ3) is 12.0. The van der Waals surface area contributed by atoms with Crippen LogP contribution in [0.1, 0.15) is 45.7 Å². The SMILES string of the molecule is C/C=C(/C)C=O.CC#N.CC1C([N+](=O)[O-])=C2N(Cc3ccc(Cl)nc3)CCN2C(O)C1C.O=[N+]([O-])/C=C1/NCCN1Cc1ccc(Cl)nc1. The average molecular weight is 719 g/mol. The first-order valence-corrected chi connectivity index (χ1v) is 16.1. The number of nitriles is 1. The number of nitrogens with zero attached hydrogens (tertiary/aromatic N) is 8. The van der Waals surface area contributed by atoms with E-state index in [4.69, 9.17) is 28.5 Å². The predicted molar refractivity (Wildman–Crippen MR) is 184 cm³/mol. The van der Waals surface area contributed by atoms with Gasteiger partial charge in [0, 0.05) is 64.5 Å². The number of halogens is 2. The fourth-order valence-corrected chi connectivity index (χ4v) is 5.26. The molecule has 2 aromatic heterocycles. The van der Waals surface area contributed by atoms with E-state index in [9.17, 15) is 30.1 Å². The van der Waals surface area contributed by atoms with Crippen LogP contribution in [0, 0.1) is 43.4 Å². The van der Waals surface area contributed by atoms with Gasteiger partial charge in [0.15, 0.2) is 11.6 Å². The standard InChI is InChI=1S/C15H19ClN4O3.C10H11ClN4O2.C5H8O.C2H3N/c1-9-10(2)15(21)19-6-5-18(14(19)13(9)20(22)23)8-11-3-4-12(16)17-7-11;11-9-2-1-8(5-13-9)6-14-4-3-12-10(14)7-15(16)17;1-3-5(2)4-6;1-2-3/h3-4,7,9-10,15,21H,5-6,8H2,1-2H3;1-2,5,7,12H,3-4,6H2;3-4H,1-2H3;1H3/b;10-7-;5-3-;. The topological polar surface area (TPSA) is 195 Å². The first kappa shape index (κ1) is 40.4. The number of carbonyl (C=O) groups excluding carboxylic acids is 1. The number of aldehydes is 1. The Kier molecular flexibility index (Phi) is 16.4. The number of carbonyl (C=O) groups is 1. The molecule has 0 aromatic carbocycles. The number of aromatic nitrogens is 2. The molecule has 2 aromatic rings. The molecule has 3 aliphatic rings. The van der Waals surface area contributed by atoms with E-state index in [1.54, 1.807) is 55.4 Å². The van der Waals surface area contributed by atoms with Crippen molar-refractivity contribution in [2.24, 2.45) is 11.8 Å². The zero-order valence-electron chi connectivity index (χ0n) is 28.0. The maximum Gasteiger partial charge on any atom is 0.289 e. The molecule has 3 atom stereocenters. The van der Waals surface area contributed by atoms with Crippen molar-refractivity contribution in [3.05, 3.63) is 114 Å². The highest BCUT2D eigenvalue weighted by atomic mass is 35.5. The number of allylic oxidation sites excluding steroid dienone is 3. The van der Waals surface area contributed by atoms with Crippen LogP contribution in [0.25, 0.3) is 0 Å². The molecule has 0 bridgehead atoms. The fourth-order valence-electron chi connectivity index (χ4n) is 5.04. The van der Waals surface area contributed by atoms with E-state index in [2.05, 4.69) is 15.3 Å². The molecule has 0 radical (unpaired) electrons. The Morgan fingerprint density at radius 1 is 1.06 bits per heavy atom. The van der Waals surface area contributed by atoms with Gasteiger partial charge in [-0.25, -0.2) is 9.97 Å². The molecule has 17 heteroatoms. The lowest BCUT2D eigenvalue weighted by Crippen LogP contribution is -2.47. The number of hydrogen-bond acceptors (Lipinski definition) is 13. The molecule has 0 amide bonds. The van der Waals surface area contributed by atoms with E-state index in [1.165, 1.54) is 6.92 Å². The van der Waals surface area contributed by atoms with Gasteiger partial charge in [-0.3, -0.25) is 25.0 Å². The highest BCUT2D eigenvalue weighted by molar-refractivity contribution is 6.29. The average Bonchev–Trinajstić information content (AvgIpc) is 3.68. The van der Waals surface area contributed by atoms with Crippen LogP contribution in [-0.4, -0.2) is 78.3 Å². The van der Waals surface area contributed by atoms with Gasteiger partial charge in [-0.2, -0.15) is 5.26 Å². The van der Waals surface area contributed by atoms with E-state index >= 15 is 0 Å². The predicted octanol–water partition coefficient (Wildman–Crippen LogP) is 4.80. The minimum Gasteiger partial charge on any atom is -0.373 e. The van der Waals surface area contributed by atoms with Crippen molar-refractivity contribution in [1.82, 2.24) is 30.0 Å². The summed E-state index contributed by atoms with van der Waals surface area (Å²) in [7, 11) is 0. The smallest absolute Gasteiger partial charge is 0.289 e. The maximum atomic E-state index is 11.6. The Balaban J connectivity index is 0.000000281. The van der Waals surface area contributed by atoms with Crippen molar-refractivity contribution < 1.29 is 19.7 Å². The Bertz CT molecular complexity index is 1560. The number of aliphatic hydroxyl groups is 1. The van der Waals surface area contributed by atoms with Crippen LogP contribution >= 0.6 is 23.2 Å². The molecular weight excluding hydrogens is 677 g/mol. The van der Waals surface area contributed by atoms with Crippen molar-refractivity contribution in [2.75, 3.05) is 26.2 Å². The van der Waals surface area contributed by atoms with Crippen molar-refractivity contribution in [3.8, 4) is 6.07 Å². The van der Waals surface area contributed by atoms with Gasteiger partial charge in [-0.1, -0.05) is 55.3 Å². The maximum absolute atomic E-state index is 11.6. The molecule has 0 spiro atoms. The zero-order valence-corrected chi connectivity index (χ0v) is 29.5. The lowest BCUT2D eigenvalue weighted by molar-refractivity contribution is -0.441. The summed E-state index contributed by atoms with van der Waals surface area (Å²) >= 11 is 11.5. The molecule has 3 aliphatic heterocycles. The number of rotatable bonds is 7. The van der Waals surface area contributed by atoms with Gasteiger partial charge < -0.3 is 25.1 Å². The number of aliphatic hydroxyl groups excluding tert-OH is 1. The van der Waals surface area contributed by atoms with Crippen LogP contribution in [0.3, 0.4) is 0 Å². The summed E-state index contributed by atoms with van der Waals surface area (Å²) in [6.07, 6.45) is 6.23. The molecule has 3 unspecified atom stereocenters. The lowest BCUT2D eigenvalue weighted by atomic mass is 9.87. The molecule has 0 aliphatic carbocycles. The summed E-state index contributed by atoms with van der Waals surface area (Å²) < 4.78 is 0. The first-order valence-electron chi connectivity index (χ1n) is 15.3. The zero-order chi connectivity index (χ0) is 36.7. The quantitative estimate of drug-likeness (QED) is 0.130. The molecule has 2 N–H and O–H groups in total. The summed E-state index contributed by atoms with van der Waals surface area (Å²) in [5.74, 6) is 0.569. The van der Waals surface area contributed by atoms with Crippen LogP contribution in [0.15, 0.2) is 71.8 Å². The third-order valence-corrected chi connectivity index (χ3v) is 8.29. The Morgan fingerprint density at radius 3 is 2.04 bits per heavy atom. The summed E-state index contributed by atoms with van der Waals surface area (Å²) in [5.41, 5.74) is 2.86. The molecule has 264 valence electrons. The molecule has 5 rings (SSSR count). The number of pyridine rings is 2. The van der Waals surface area contributed by atoms with Crippen LogP contribution in [0.4, 0.5) is 0 Å². The number of fused-ring (bicyclic) bond motifs is 1. The Hall–Kier alpha value is -4.78. The van der Waals surface area contributed by atoms with Crippen LogP contribution in [-0.2, 0) is 17.9 Å². The van der Waals surface area contributed by atoms with E-state index in [0.29, 0.717) is 54.7 Å². The molecule has 5 heterocycles. The second-order valence-corrected chi connectivity index (χ2v) is 11.9. The highest BCUT2D eigenvalue weighted by Gasteiger charge is 2.48. The van der Waals surface area contributed by atoms with Gasteiger partial charge in [-0.15, -0.1) is 0 Å². The van der Waals surface area contributed by atoms with Crippen LogP contribution < -0.4 is 5.32 Å².